The minimum atomic E-state index is -3.49. The van der Waals surface area contributed by atoms with E-state index in [4.69, 9.17) is 0 Å². The zero-order chi connectivity index (χ0) is 16.4. The van der Waals surface area contributed by atoms with E-state index < -0.39 is 10.0 Å². The predicted octanol–water partition coefficient (Wildman–Crippen LogP) is 3.61. The van der Waals surface area contributed by atoms with Gasteiger partial charge in [-0.1, -0.05) is 30.2 Å². The summed E-state index contributed by atoms with van der Waals surface area (Å²) in [6, 6.07) is 10.9. The molecule has 0 N–H and O–H groups in total. The standard InChI is InChI=1S/C18H22N2O2S/c1-14-8-10-16(11-9-14)23(21,22)20-13-4-3-7-18(20)17-6-5-12-19-15(17)2/h5-6,8-12,18H,3-4,7,13H2,1-2H3. The van der Waals surface area contributed by atoms with Crippen LogP contribution in [0.4, 0.5) is 0 Å². The highest BCUT2D eigenvalue weighted by molar-refractivity contribution is 7.89. The smallest absolute Gasteiger partial charge is 0.243 e. The molecule has 122 valence electrons. The quantitative estimate of drug-likeness (QED) is 0.864. The number of hydrogen-bond donors (Lipinski definition) is 0. The van der Waals surface area contributed by atoms with Gasteiger partial charge in [0, 0.05) is 18.4 Å². The average Bonchev–Trinajstić information content (AvgIpc) is 2.56. The number of nitrogens with zero attached hydrogens (tertiary/aromatic N) is 2. The molecule has 0 spiro atoms. The summed E-state index contributed by atoms with van der Waals surface area (Å²) < 4.78 is 27.9. The van der Waals surface area contributed by atoms with Crippen LogP contribution in [0, 0.1) is 13.8 Å². The molecule has 3 rings (SSSR count). The Morgan fingerprint density at radius 1 is 1.09 bits per heavy atom. The van der Waals surface area contributed by atoms with Crippen LogP contribution in [0.5, 0.6) is 0 Å². The van der Waals surface area contributed by atoms with Gasteiger partial charge in [0.25, 0.3) is 0 Å². The van der Waals surface area contributed by atoms with Gasteiger partial charge in [-0.25, -0.2) is 8.42 Å². The maximum Gasteiger partial charge on any atom is 0.243 e. The van der Waals surface area contributed by atoms with Crippen LogP contribution in [0.2, 0.25) is 0 Å². The lowest BCUT2D eigenvalue weighted by Crippen LogP contribution is -2.38. The van der Waals surface area contributed by atoms with Crippen LogP contribution in [0.3, 0.4) is 0 Å². The fourth-order valence-electron chi connectivity index (χ4n) is 3.20. The van der Waals surface area contributed by atoms with Crippen molar-refractivity contribution >= 4 is 10.0 Å². The van der Waals surface area contributed by atoms with Gasteiger partial charge < -0.3 is 0 Å². The van der Waals surface area contributed by atoms with Crippen molar-refractivity contribution in [3.8, 4) is 0 Å². The van der Waals surface area contributed by atoms with Crippen molar-refractivity contribution in [1.29, 1.82) is 0 Å². The van der Waals surface area contributed by atoms with Crippen molar-refractivity contribution in [2.75, 3.05) is 6.54 Å². The van der Waals surface area contributed by atoms with Crippen LogP contribution in [-0.4, -0.2) is 24.3 Å². The predicted molar refractivity (Wildman–Crippen MR) is 90.6 cm³/mol. The second kappa shape index (κ2) is 6.42. The van der Waals surface area contributed by atoms with Crippen molar-refractivity contribution < 1.29 is 8.42 Å². The molecule has 0 bridgehead atoms. The minimum Gasteiger partial charge on any atom is -0.261 e. The Balaban J connectivity index is 2.01. The van der Waals surface area contributed by atoms with Crippen LogP contribution in [0.15, 0.2) is 47.5 Å². The van der Waals surface area contributed by atoms with Crippen molar-refractivity contribution in [1.82, 2.24) is 9.29 Å². The molecule has 4 nitrogen and oxygen atoms in total. The highest BCUT2D eigenvalue weighted by atomic mass is 32.2. The zero-order valence-electron chi connectivity index (χ0n) is 13.6. The molecule has 1 fully saturated rings. The summed E-state index contributed by atoms with van der Waals surface area (Å²) in [5, 5.41) is 0. The fourth-order valence-corrected chi connectivity index (χ4v) is 4.87. The zero-order valence-corrected chi connectivity index (χ0v) is 14.4. The lowest BCUT2D eigenvalue weighted by molar-refractivity contribution is 0.255. The first-order chi connectivity index (χ1) is 11.0. The van der Waals surface area contributed by atoms with Crippen LogP contribution < -0.4 is 0 Å². The molecule has 0 radical (unpaired) electrons. The summed E-state index contributed by atoms with van der Waals surface area (Å²) in [4.78, 5) is 4.71. The van der Waals surface area contributed by atoms with Gasteiger partial charge >= 0.3 is 0 Å². The summed E-state index contributed by atoms with van der Waals surface area (Å²) in [6.07, 6.45) is 4.54. The van der Waals surface area contributed by atoms with E-state index in [2.05, 4.69) is 4.98 Å². The molecule has 2 heterocycles. The summed E-state index contributed by atoms with van der Waals surface area (Å²) in [7, 11) is -3.49. The Bertz CT molecular complexity index is 785. The van der Waals surface area contributed by atoms with Crippen LogP contribution in [0.25, 0.3) is 0 Å². The third-order valence-electron chi connectivity index (χ3n) is 4.49. The third kappa shape index (κ3) is 3.16. The molecule has 5 heteroatoms. The summed E-state index contributed by atoms with van der Waals surface area (Å²) in [5.41, 5.74) is 2.98. The number of aryl methyl sites for hydroxylation is 2. The molecule has 1 aliphatic rings. The molecule has 1 saturated heterocycles. The number of sulfonamides is 1. The molecule has 2 aromatic rings. The first-order valence-corrected chi connectivity index (χ1v) is 9.44. The van der Waals surface area contributed by atoms with Crippen LogP contribution in [0.1, 0.15) is 42.1 Å². The van der Waals surface area contributed by atoms with E-state index in [1.165, 1.54) is 0 Å². The van der Waals surface area contributed by atoms with Gasteiger partial charge in [-0.15, -0.1) is 0 Å². The second-order valence-electron chi connectivity index (χ2n) is 6.12. The Kier molecular flexibility index (Phi) is 4.50. The first kappa shape index (κ1) is 16.1. The molecule has 1 atom stereocenters. The van der Waals surface area contributed by atoms with Gasteiger partial charge in [-0.3, -0.25) is 4.98 Å². The monoisotopic (exact) mass is 330 g/mol. The molecule has 0 amide bonds. The number of pyridine rings is 1. The van der Waals surface area contributed by atoms with Gasteiger partial charge in [-0.05, 0) is 50.5 Å². The van der Waals surface area contributed by atoms with E-state index in [1.54, 1.807) is 22.6 Å². The average molecular weight is 330 g/mol. The summed E-state index contributed by atoms with van der Waals surface area (Å²) in [6.45, 7) is 4.47. The number of rotatable bonds is 3. The molecule has 23 heavy (non-hydrogen) atoms. The Labute approximate surface area is 138 Å². The highest BCUT2D eigenvalue weighted by Crippen LogP contribution is 2.36. The lowest BCUT2D eigenvalue weighted by atomic mass is 9.97. The first-order valence-electron chi connectivity index (χ1n) is 8.00. The highest BCUT2D eigenvalue weighted by Gasteiger charge is 2.35. The molecule has 1 aliphatic heterocycles. The molecular formula is C18H22N2O2S. The second-order valence-corrected chi connectivity index (χ2v) is 8.01. The van der Waals surface area contributed by atoms with E-state index in [-0.39, 0.29) is 6.04 Å². The van der Waals surface area contributed by atoms with Crippen molar-refractivity contribution in [3.05, 3.63) is 59.4 Å². The summed E-state index contributed by atoms with van der Waals surface area (Å²) >= 11 is 0. The number of hydrogen-bond acceptors (Lipinski definition) is 3. The van der Waals surface area contributed by atoms with Crippen LogP contribution >= 0.6 is 0 Å². The SMILES string of the molecule is Cc1ccc(S(=O)(=O)N2CCCCC2c2cccnc2C)cc1. The molecule has 0 saturated carbocycles. The Hall–Kier alpha value is -1.72. The van der Waals surface area contributed by atoms with Gasteiger partial charge in [-0.2, -0.15) is 4.31 Å². The largest absolute Gasteiger partial charge is 0.261 e. The van der Waals surface area contributed by atoms with E-state index in [0.717, 1.165) is 36.1 Å². The fraction of sp³-hybridized carbons (Fsp3) is 0.389. The van der Waals surface area contributed by atoms with E-state index in [0.29, 0.717) is 11.4 Å². The Morgan fingerprint density at radius 2 is 1.83 bits per heavy atom. The van der Waals surface area contributed by atoms with E-state index in [9.17, 15) is 8.42 Å². The van der Waals surface area contributed by atoms with E-state index >= 15 is 0 Å². The maximum absolute atomic E-state index is 13.1. The van der Waals surface area contributed by atoms with Gasteiger partial charge in [0.1, 0.15) is 0 Å². The molecule has 1 aromatic carbocycles. The lowest BCUT2D eigenvalue weighted by Gasteiger charge is -2.35. The van der Waals surface area contributed by atoms with Gasteiger partial charge in [0.15, 0.2) is 0 Å². The van der Waals surface area contributed by atoms with Crippen molar-refractivity contribution in [2.24, 2.45) is 0 Å². The molecular weight excluding hydrogens is 308 g/mol. The summed E-state index contributed by atoms with van der Waals surface area (Å²) in [5.74, 6) is 0. The number of piperidine rings is 1. The van der Waals surface area contributed by atoms with E-state index in [1.807, 2.05) is 38.1 Å². The Morgan fingerprint density at radius 3 is 2.52 bits per heavy atom. The maximum atomic E-state index is 13.1. The minimum absolute atomic E-state index is 0.122. The van der Waals surface area contributed by atoms with Crippen molar-refractivity contribution in [2.45, 2.75) is 44.0 Å². The molecule has 1 unspecified atom stereocenters. The number of benzene rings is 1. The van der Waals surface area contributed by atoms with Crippen LogP contribution in [-0.2, 0) is 10.0 Å². The number of aromatic nitrogens is 1. The topological polar surface area (TPSA) is 50.3 Å². The molecule has 1 aromatic heterocycles. The van der Waals surface area contributed by atoms with Crippen molar-refractivity contribution in [3.63, 3.8) is 0 Å². The van der Waals surface area contributed by atoms with Gasteiger partial charge in [0.2, 0.25) is 10.0 Å². The third-order valence-corrected chi connectivity index (χ3v) is 6.41. The normalized spacial score (nSPS) is 19.7. The molecule has 0 aliphatic carbocycles. The van der Waals surface area contributed by atoms with Gasteiger partial charge in [0.05, 0.1) is 10.9 Å².